The van der Waals surface area contributed by atoms with E-state index < -0.39 is 5.60 Å². The van der Waals surface area contributed by atoms with Crippen LogP contribution in [0.3, 0.4) is 0 Å². The molecule has 0 atom stereocenters. The van der Waals surface area contributed by atoms with E-state index in [0.29, 0.717) is 25.0 Å². The van der Waals surface area contributed by atoms with Crippen LogP contribution in [0.1, 0.15) is 130 Å². The Labute approximate surface area is 576 Å². The fraction of sp³-hybridized carbons (Fsp3) is 0.315. The first-order chi connectivity index (χ1) is 41.7. The summed E-state index contributed by atoms with van der Waals surface area (Å²) in [5, 5.41) is 22.9. The number of aliphatic hydroxyl groups excluding tert-OH is 1. The molecule has 6 nitrogen and oxygen atoms in total. The van der Waals surface area contributed by atoms with Crippen molar-refractivity contribution in [3.05, 3.63) is 215 Å². The maximum Gasteiger partial charge on any atom is 0.222 e. The van der Waals surface area contributed by atoms with Crippen molar-refractivity contribution < 1.29 is 19.8 Å². The molecule has 0 unspecified atom stereocenters. The number of nitrogens with zero attached hydrogens (tertiary/aromatic N) is 2. The molecule has 16 rings (SSSR count). The van der Waals surface area contributed by atoms with Gasteiger partial charge in [-0.1, -0.05) is 176 Å². The van der Waals surface area contributed by atoms with E-state index in [0.717, 1.165) is 126 Å². The smallest absolute Gasteiger partial charge is 0.222 e. The topological polar surface area (TPSA) is 82.8 Å². The fourth-order valence-electron chi connectivity index (χ4n) is 15.6. The molecule has 2 heterocycles. The summed E-state index contributed by atoms with van der Waals surface area (Å²) in [6.45, 7) is 4.46. The van der Waals surface area contributed by atoms with Gasteiger partial charge < -0.3 is 19.7 Å². The summed E-state index contributed by atoms with van der Waals surface area (Å²) in [7, 11) is 0. The van der Waals surface area contributed by atoms with E-state index in [1.54, 1.807) is 0 Å². The van der Waals surface area contributed by atoms with Gasteiger partial charge in [-0.3, -0.25) is 9.59 Å². The Hall–Kier alpha value is -3.54. The molecule has 1 aliphatic heterocycles. The second-order valence-electron chi connectivity index (χ2n) is 25.1. The molecule has 446 valence electrons. The first kappa shape index (κ1) is 62.3. The Morgan fingerprint density at radius 3 is 1.08 bits per heavy atom. The first-order valence-corrected chi connectivity index (χ1v) is 36.5. The molecule has 3 saturated carbocycles. The summed E-state index contributed by atoms with van der Waals surface area (Å²) >= 11 is 28.9. The molecule has 14 heteroatoms. The lowest BCUT2D eigenvalue weighted by Gasteiger charge is -2.42. The lowest BCUT2D eigenvalue weighted by Crippen LogP contribution is -2.39. The molecule has 0 bridgehead atoms. The Morgan fingerprint density at radius 2 is 0.736 bits per heavy atom. The van der Waals surface area contributed by atoms with Gasteiger partial charge in [-0.25, -0.2) is 0 Å². The summed E-state index contributed by atoms with van der Waals surface area (Å²) in [6, 6.07) is 52.5. The number of fused-ring (bicyclic) bond motifs is 18. The minimum atomic E-state index is -0.522. The lowest BCUT2D eigenvalue weighted by atomic mass is 9.64. The molecule has 7 aliphatic rings. The van der Waals surface area contributed by atoms with Crippen molar-refractivity contribution in [1.82, 2.24) is 9.47 Å². The second kappa shape index (κ2) is 24.8. The molecule has 8 aromatic carbocycles. The Morgan fingerprint density at radius 1 is 0.414 bits per heavy atom. The summed E-state index contributed by atoms with van der Waals surface area (Å²) in [5.41, 5.74) is 18.6. The zero-order valence-corrected chi connectivity index (χ0v) is 60.8. The SMILES string of the molecule is CC1(O)CCC2(CC1)c1cc(Br)ccc1-c1ccc(Br)cc12.O=C1CCC2(CC1)c1cc(Br)ccc1-c1ccc(Br)cc12.O=C1CCCN1CCn1c2cc(Br)ccc2c2ccc(Br)cc21.OC1CCC2(CC1)c1cc(Br)ccc1-c1ccc(Br)cc12. The molecule has 87 heavy (non-hydrogen) atoms. The molecular formula is C73H64Br8N2O4. The Bertz CT molecular complexity index is 4000. The van der Waals surface area contributed by atoms with E-state index >= 15 is 0 Å². The van der Waals surface area contributed by atoms with Crippen LogP contribution in [0.5, 0.6) is 0 Å². The number of hydrogen-bond acceptors (Lipinski definition) is 4. The number of amides is 1. The third-order valence-electron chi connectivity index (χ3n) is 20.1. The van der Waals surface area contributed by atoms with Gasteiger partial charge in [0, 0.05) is 102 Å². The van der Waals surface area contributed by atoms with Crippen molar-refractivity contribution in [3.8, 4) is 33.4 Å². The number of aliphatic hydroxyl groups is 2. The largest absolute Gasteiger partial charge is 0.393 e. The van der Waals surface area contributed by atoms with Crippen molar-refractivity contribution in [1.29, 1.82) is 0 Å². The Balaban J connectivity index is 0.000000107. The number of halogens is 8. The predicted molar refractivity (Wildman–Crippen MR) is 382 cm³/mol. The van der Waals surface area contributed by atoms with Crippen molar-refractivity contribution >= 4 is 161 Å². The minimum absolute atomic E-state index is 0.0200. The van der Waals surface area contributed by atoms with Crippen LogP contribution >= 0.6 is 127 Å². The molecule has 3 spiro atoms. The van der Waals surface area contributed by atoms with Gasteiger partial charge in [-0.05, 0) is 241 Å². The molecular weight excluding hydrogens is 1610 g/mol. The summed E-state index contributed by atoms with van der Waals surface area (Å²) in [4.78, 5) is 25.6. The highest BCUT2D eigenvalue weighted by Gasteiger charge is 2.49. The van der Waals surface area contributed by atoms with Crippen molar-refractivity contribution in [2.24, 2.45) is 0 Å². The van der Waals surface area contributed by atoms with E-state index in [1.807, 2.05) is 11.8 Å². The van der Waals surface area contributed by atoms with Gasteiger partial charge in [0.25, 0.3) is 0 Å². The Kier molecular flexibility index (Phi) is 17.8. The van der Waals surface area contributed by atoms with E-state index in [-0.39, 0.29) is 28.3 Å². The number of carbonyl (C=O) groups excluding carboxylic acids is 2. The van der Waals surface area contributed by atoms with Gasteiger partial charge >= 0.3 is 0 Å². The molecule has 0 radical (unpaired) electrons. The van der Waals surface area contributed by atoms with Crippen molar-refractivity contribution in [2.75, 3.05) is 13.1 Å². The number of hydrogen-bond donors (Lipinski definition) is 2. The van der Waals surface area contributed by atoms with Gasteiger partial charge in [0.1, 0.15) is 5.78 Å². The fourth-order valence-corrected chi connectivity index (χ4v) is 18.5. The second-order valence-corrected chi connectivity index (χ2v) is 32.4. The molecule has 9 aromatic rings. The number of likely N-dealkylation sites (tertiary alicyclic amines) is 1. The van der Waals surface area contributed by atoms with Gasteiger partial charge in [0.2, 0.25) is 5.91 Å². The van der Waals surface area contributed by atoms with Crippen LogP contribution in [-0.4, -0.2) is 56.2 Å². The summed E-state index contributed by atoms with van der Waals surface area (Å²) in [6.07, 6.45) is 12.3. The molecule has 4 fully saturated rings. The number of benzene rings is 8. The quantitative estimate of drug-likeness (QED) is 0.185. The predicted octanol–water partition coefficient (Wildman–Crippen LogP) is 21.8. The molecule has 6 aliphatic carbocycles. The minimum Gasteiger partial charge on any atom is -0.393 e. The average molecular weight is 1670 g/mol. The maximum atomic E-state index is 11.9. The van der Waals surface area contributed by atoms with E-state index in [4.69, 9.17) is 0 Å². The molecule has 1 saturated heterocycles. The standard InChI is InChI=1S/C19H18Br2O.C18H16Br2N2O.C18H16Br2O.C18H14Br2O/c1-18(22)6-8-19(9-7-18)16-10-12(20)2-4-14(16)15-5-3-13(21)11-17(15)19;19-12-3-5-14-15-6-4-13(20)11-17(15)22(16(14)10-12)9-8-21-7-1-2-18(21)23;2*19-11-1-3-14-15-4-2-12(20)10-17(15)18(16(14)9-11)7-5-13(21)6-8-18/h2-5,10-11,22H,6-9H2,1H3;3-6,10-11H,1-2,7-9H2;1-4,9-10,13,21H,5-8H2;1-4,9-10H,5-8H2. The third kappa shape index (κ3) is 11.7. The van der Waals surface area contributed by atoms with E-state index in [2.05, 4.69) is 278 Å². The van der Waals surface area contributed by atoms with Gasteiger partial charge in [-0.15, -0.1) is 0 Å². The lowest BCUT2D eigenvalue weighted by molar-refractivity contribution is -0.127. The van der Waals surface area contributed by atoms with Crippen LogP contribution in [-0.2, 0) is 32.4 Å². The zero-order chi connectivity index (χ0) is 60.7. The zero-order valence-electron chi connectivity index (χ0n) is 48.1. The van der Waals surface area contributed by atoms with Gasteiger partial charge in [-0.2, -0.15) is 0 Å². The summed E-state index contributed by atoms with van der Waals surface area (Å²) < 4.78 is 11.2. The first-order valence-electron chi connectivity index (χ1n) is 30.1. The number of aromatic nitrogens is 1. The van der Waals surface area contributed by atoms with Gasteiger partial charge in [0.15, 0.2) is 0 Å². The monoisotopic (exact) mass is 1660 g/mol. The number of ketones is 1. The highest BCUT2D eigenvalue weighted by atomic mass is 79.9. The van der Waals surface area contributed by atoms with Crippen LogP contribution in [0, 0.1) is 0 Å². The van der Waals surface area contributed by atoms with Crippen LogP contribution in [0.15, 0.2) is 181 Å². The van der Waals surface area contributed by atoms with Crippen LogP contribution in [0.4, 0.5) is 0 Å². The van der Waals surface area contributed by atoms with Crippen LogP contribution in [0.2, 0.25) is 0 Å². The molecule has 2 N–H and O–H groups in total. The number of carbonyl (C=O) groups is 2. The van der Waals surface area contributed by atoms with Crippen molar-refractivity contribution in [2.45, 2.75) is 131 Å². The van der Waals surface area contributed by atoms with Gasteiger partial charge in [0.05, 0.1) is 22.7 Å². The molecule has 1 aromatic heterocycles. The van der Waals surface area contributed by atoms with Crippen molar-refractivity contribution in [3.63, 3.8) is 0 Å². The number of rotatable bonds is 3. The van der Waals surface area contributed by atoms with Crippen LogP contribution in [0.25, 0.3) is 55.2 Å². The summed E-state index contributed by atoms with van der Waals surface area (Å²) in [5.74, 6) is 0.689. The van der Waals surface area contributed by atoms with E-state index in [9.17, 15) is 19.8 Å². The third-order valence-corrected chi connectivity index (χ3v) is 24.0. The van der Waals surface area contributed by atoms with E-state index in [1.165, 1.54) is 88.6 Å². The average Bonchev–Trinajstić information content (AvgIpc) is 1.63. The highest BCUT2D eigenvalue weighted by molar-refractivity contribution is 9.11. The number of Topliss-reactive ketones (excluding diaryl/α,β-unsaturated/α-hetero) is 1. The molecule has 1 amide bonds. The highest BCUT2D eigenvalue weighted by Crippen LogP contribution is 2.60. The normalized spacial score (nSPS) is 19.1. The maximum absolute atomic E-state index is 11.9. The van der Waals surface area contributed by atoms with Crippen LogP contribution < -0.4 is 0 Å².